The van der Waals surface area contributed by atoms with E-state index in [1.54, 1.807) is 0 Å². The maximum atomic E-state index is 12.6. The van der Waals surface area contributed by atoms with Gasteiger partial charge in [0.2, 0.25) is 0 Å². The van der Waals surface area contributed by atoms with Crippen molar-refractivity contribution < 1.29 is 23.0 Å². The molecule has 0 radical (unpaired) electrons. The number of halogens is 3. The Labute approximate surface area is 95.1 Å². The lowest BCUT2D eigenvalue weighted by Gasteiger charge is -2.12. The first kappa shape index (κ1) is 12.6. The van der Waals surface area contributed by atoms with Crippen molar-refractivity contribution in [3.63, 3.8) is 0 Å². The second-order valence-corrected chi connectivity index (χ2v) is 3.06. The van der Waals surface area contributed by atoms with E-state index in [0.717, 1.165) is 13.3 Å². The van der Waals surface area contributed by atoms with Gasteiger partial charge in [-0.15, -0.1) is 0 Å². The third kappa shape index (κ3) is 2.21. The van der Waals surface area contributed by atoms with Crippen LogP contribution in [-0.2, 0) is 4.74 Å². The van der Waals surface area contributed by atoms with Crippen LogP contribution in [-0.4, -0.2) is 25.2 Å². The molecular formula is C9H8ClF2NO3. The van der Waals surface area contributed by atoms with E-state index < -0.39 is 23.5 Å². The molecule has 1 aromatic heterocycles. The quantitative estimate of drug-likeness (QED) is 0.612. The van der Waals surface area contributed by atoms with Gasteiger partial charge in [0.05, 0.1) is 19.8 Å². The zero-order chi connectivity index (χ0) is 12.3. The molecule has 0 saturated carbocycles. The zero-order valence-electron chi connectivity index (χ0n) is 8.46. The van der Waals surface area contributed by atoms with E-state index in [1.165, 1.54) is 7.11 Å². The van der Waals surface area contributed by atoms with Crippen LogP contribution in [0.15, 0.2) is 6.20 Å². The molecule has 0 fully saturated rings. The van der Waals surface area contributed by atoms with E-state index >= 15 is 0 Å². The van der Waals surface area contributed by atoms with E-state index in [-0.39, 0.29) is 10.9 Å². The summed E-state index contributed by atoms with van der Waals surface area (Å²) in [7, 11) is 2.27. The molecule has 0 aliphatic rings. The minimum Gasteiger partial charge on any atom is -0.493 e. The topological polar surface area (TPSA) is 48.4 Å². The normalized spacial score (nSPS) is 10.4. The Morgan fingerprint density at radius 3 is 2.56 bits per heavy atom. The van der Waals surface area contributed by atoms with Crippen LogP contribution in [0.3, 0.4) is 0 Å². The highest BCUT2D eigenvalue weighted by Crippen LogP contribution is 2.34. The molecule has 0 unspecified atom stereocenters. The van der Waals surface area contributed by atoms with E-state index in [9.17, 15) is 13.6 Å². The van der Waals surface area contributed by atoms with Crippen molar-refractivity contribution in [2.24, 2.45) is 0 Å². The third-order valence-electron chi connectivity index (χ3n) is 1.85. The average Bonchev–Trinajstić information content (AvgIpc) is 2.27. The summed E-state index contributed by atoms with van der Waals surface area (Å²) in [5.74, 6) is -1.16. The van der Waals surface area contributed by atoms with Crippen molar-refractivity contribution in [3.05, 3.63) is 22.5 Å². The molecule has 88 valence electrons. The van der Waals surface area contributed by atoms with Crippen LogP contribution >= 0.6 is 11.6 Å². The van der Waals surface area contributed by atoms with Crippen LogP contribution in [0.5, 0.6) is 5.75 Å². The maximum Gasteiger partial charge on any atom is 0.342 e. The number of nitrogens with zero attached hydrogens (tertiary/aromatic N) is 1. The largest absolute Gasteiger partial charge is 0.493 e. The highest BCUT2D eigenvalue weighted by Gasteiger charge is 2.26. The SMILES string of the molecule is COC(=O)c1c(C(F)F)cnc(Cl)c1OC. The zero-order valence-corrected chi connectivity index (χ0v) is 9.22. The van der Waals surface area contributed by atoms with Crippen LogP contribution < -0.4 is 4.74 Å². The highest BCUT2D eigenvalue weighted by molar-refractivity contribution is 6.31. The number of hydrogen-bond acceptors (Lipinski definition) is 4. The number of ether oxygens (including phenoxy) is 2. The summed E-state index contributed by atoms with van der Waals surface area (Å²) in [5.41, 5.74) is -0.979. The lowest BCUT2D eigenvalue weighted by atomic mass is 10.1. The summed E-state index contributed by atoms with van der Waals surface area (Å²) in [5, 5.41) is -0.174. The molecule has 1 aromatic rings. The average molecular weight is 252 g/mol. The summed E-state index contributed by atoms with van der Waals surface area (Å²) in [4.78, 5) is 14.8. The molecule has 0 aromatic carbocycles. The van der Waals surface area contributed by atoms with Crippen molar-refractivity contribution >= 4 is 17.6 Å². The molecule has 16 heavy (non-hydrogen) atoms. The Bertz CT molecular complexity index is 412. The first-order chi connectivity index (χ1) is 7.52. The molecule has 4 nitrogen and oxygen atoms in total. The summed E-state index contributed by atoms with van der Waals surface area (Å²) < 4.78 is 34.4. The second kappa shape index (κ2) is 5.07. The monoisotopic (exact) mass is 251 g/mol. The van der Waals surface area contributed by atoms with Gasteiger partial charge >= 0.3 is 5.97 Å². The molecule has 0 atom stereocenters. The van der Waals surface area contributed by atoms with Crippen LogP contribution in [0.4, 0.5) is 8.78 Å². The number of esters is 1. The fourth-order valence-corrected chi connectivity index (χ4v) is 1.37. The molecule has 0 spiro atoms. The number of rotatable bonds is 3. The van der Waals surface area contributed by atoms with Crippen LogP contribution in [0.2, 0.25) is 5.15 Å². The van der Waals surface area contributed by atoms with Crippen molar-refractivity contribution in [2.45, 2.75) is 6.43 Å². The third-order valence-corrected chi connectivity index (χ3v) is 2.12. The number of carbonyl (C=O) groups excluding carboxylic acids is 1. The van der Waals surface area contributed by atoms with Gasteiger partial charge in [0.1, 0.15) is 5.56 Å². The van der Waals surface area contributed by atoms with Gasteiger partial charge in [-0.3, -0.25) is 0 Å². The number of carbonyl (C=O) groups is 1. The number of aromatic nitrogens is 1. The van der Waals surface area contributed by atoms with Gasteiger partial charge in [-0.05, 0) is 0 Å². The Morgan fingerprint density at radius 1 is 1.50 bits per heavy atom. The fraction of sp³-hybridized carbons (Fsp3) is 0.333. The van der Waals surface area contributed by atoms with E-state index in [1.807, 2.05) is 0 Å². The van der Waals surface area contributed by atoms with Crippen LogP contribution in [0.25, 0.3) is 0 Å². The smallest absolute Gasteiger partial charge is 0.342 e. The molecular weight excluding hydrogens is 244 g/mol. The van der Waals surface area contributed by atoms with E-state index in [0.29, 0.717) is 0 Å². The maximum absolute atomic E-state index is 12.6. The molecule has 0 N–H and O–H groups in total. The number of methoxy groups -OCH3 is 2. The summed E-state index contributed by atoms with van der Waals surface area (Å²) in [6.45, 7) is 0. The van der Waals surface area contributed by atoms with Crippen molar-refractivity contribution in [1.29, 1.82) is 0 Å². The molecule has 1 heterocycles. The number of alkyl halides is 2. The number of hydrogen-bond donors (Lipinski definition) is 0. The Balaban J connectivity index is 3.47. The Hall–Kier alpha value is -1.43. The molecule has 0 amide bonds. The summed E-state index contributed by atoms with van der Waals surface area (Å²) in [6, 6.07) is 0. The lowest BCUT2D eigenvalue weighted by molar-refractivity contribution is 0.0584. The first-order valence-corrected chi connectivity index (χ1v) is 4.49. The van der Waals surface area contributed by atoms with Crippen molar-refractivity contribution in [3.8, 4) is 5.75 Å². The first-order valence-electron chi connectivity index (χ1n) is 4.11. The lowest BCUT2D eigenvalue weighted by Crippen LogP contribution is -2.10. The number of pyridine rings is 1. The second-order valence-electron chi connectivity index (χ2n) is 2.70. The molecule has 7 heteroatoms. The Kier molecular flexibility index (Phi) is 4.00. The van der Waals surface area contributed by atoms with E-state index in [4.69, 9.17) is 16.3 Å². The summed E-state index contributed by atoms with van der Waals surface area (Å²) >= 11 is 5.62. The predicted octanol–water partition coefficient (Wildman–Crippen LogP) is 2.47. The minimum absolute atomic E-state index is 0.174. The predicted molar refractivity (Wildman–Crippen MR) is 52.1 cm³/mol. The fourth-order valence-electron chi connectivity index (χ4n) is 1.15. The molecule has 1 rings (SSSR count). The summed E-state index contributed by atoms with van der Waals surface area (Å²) in [6.07, 6.45) is -2.05. The van der Waals surface area contributed by atoms with Crippen LogP contribution in [0.1, 0.15) is 22.3 Å². The molecule has 0 saturated heterocycles. The van der Waals surface area contributed by atoms with Gasteiger partial charge in [0.25, 0.3) is 6.43 Å². The standard InChI is InChI=1S/C9H8ClF2NO3/c1-15-6-5(9(14)16-2)4(8(11)12)3-13-7(6)10/h3,8H,1-2H3. The van der Waals surface area contributed by atoms with Gasteiger partial charge in [-0.2, -0.15) is 0 Å². The molecule has 0 bridgehead atoms. The highest BCUT2D eigenvalue weighted by atomic mass is 35.5. The van der Waals surface area contributed by atoms with Gasteiger partial charge in [0, 0.05) is 6.20 Å². The van der Waals surface area contributed by atoms with Gasteiger partial charge < -0.3 is 9.47 Å². The minimum atomic E-state index is -2.87. The van der Waals surface area contributed by atoms with Crippen molar-refractivity contribution in [2.75, 3.05) is 14.2 Å². The molecule has 0 aliphatic heterocycles. The van der Waals surface area contributed by atoms with Crippen molar-refractivity contribution in [1.82, 2.24) is 4.98 Å². The molecule has 0 aliphatic carbocycles. The van der Waals surface area contributed by atoms with Gasteiger partial charge in [-0.25, -0.2) is 18.6 Å². The van der Waals surface area contributed by atoms with Gasteiger partial charge in [0.15, 0.2) is 10.9 Å². The van der Waals surface area contributed by atoms with Crippen LogP contribution in [0, 0.1) is 0 Å². The Morgan fingerprint density at radius 2 is 2.12 bits per heavy atom. The van der Waals surface area contributed by atoms with Gasteiger partial charge in [-0.1, -0.05) is 11.6 Å². The van der Waals surface area contributed by atoms with E-state index in [2.05, 4.69) is 9.72 Å².